The first-order chi connectivity index (χ1) is 12.5. The van der Waals surface area contributed by atoms with Gasteiger partial charge in [0.15, 0.2) is 0 Å². The lowest BCUT2D eigenvalue weighted by molar-refractivity contribution is 0.0752. The minimum Gasteiger partial charge on any atom is -0.391 e. The van der Waals surface area contributed by atoms with Gasteiger partial charge in [0.05, 0.1) is 17.5 Å². The Morgan fingerprint density at radius 2 is 2.12 bits per heavy atom. The van der Waals surface area contributed by atoms with E-state index in [1.807, 2.05) is 13.0 Å². The fourth-order valence-corrected chi connectivity index (χ4v) is 3.49. The van der Waals surface area contributed by atoms with Crippen LogP contribution in [0.4, 0.5) is 0 Å². The summed E-state index contributed by atoms with van der Waals surface area (Å²) in [4.78, 5) is 23.1. The molecule has 0 aromatic carbocycles. The number of aliphatic hydroxyl groups is 1. The molecule has 3 rings (SSSR count). The fourth-order valence-electron chi connectivity index (χ4n) is 3.49. The number of β-amino-alcohol motifs (C(OH)–C–C–N with tert-alkyl or cyclic N) is 1. The van der Waals surface area contributed by atoms with Gasteiger partial charge in [0.25, 0.3) is 5.91 Å². The summed E-state index contributed by atoms with van der Waals surface area (Å²) in [5.74, 6) is 0.405. The molecule has 0 bridgehead atoms. The molecule has 140 valence electrons. The lowest BCUT2D eigenvalue weighted by Gasteiger charge is -2.16. The lowest BCUT2D eigenvalue weighted by Crippen LogP contribution is -2.31. The summed E-state index contributed by atoms with van der Waals surface area (Å²) < 4.78 is 1.77. The molecule has 0 spiro atoms. The van der Waals surface area contributed by atoms with E-state index >= 15 is 0 Å². The molecule has 1 fully saturated rings. The van der Waals surface area contributed by atoms with Gasteiger partial charge in [-0.25, -0.2) is 0 Å². The van der Waals surface area contributed by atoms with Crippen molar-refractivity contribution in [1.29, 1.82) is 0 Å². The molecule has 2 atom stereocenters. The van der Waals surface area contributed by atoms with Crippen LogP contribution in [0, 0.1) is 11.8 Å². The standard InChI is InChI=1S/C19H27N5O2/c1-4-24-17(9-15(22-24)7-13(2)3)19(26)23-11-14(18(25)12-23)8-16-10-20-5-6-21-16/h5-6,9-10,13-14,18,25H,4,7-8,11-12H2,1-3H3/t14-,18-/m1/s1. The van der Waals surface area contributed by atoms with Gasteiger partial charge in [0.1, 0.15) is 5.69 Å². The Hall–Kier alpha value is -2.28. The van der Waals surface area contributed by atoms with Crippen LogP contribution in [0.3, 0.4) is 0 Å². The number of hydrogen-bond donors (Lipinski definition) is 1. The van der Waals surface area contributed by atoms with Crippen molar-refractivity contribution < 1.29 is 9.90 Å². The molecule has 1 saturated heterocycles. The van der Waals surface area contributed by atoms with Gasteiger partial charge in [-0.1, -0.05) is 13.8 Å². The van der Waals surface area contributed by atoms with Crippen molar-refractivity contribution in [2.45, 2.75) is 46.3 Å². The van der Waals surface area contributed by atoms with Gasteiger partial charge >= 0.3 is 0 Å². The van der Waals surface area contributed by atoms with Crippen LogP contribution in [0.5, 0.6) is 0 Å². The largest absolute Gasteiger partial charge is 0.391 e. The molecule has 0 aliphatic carbocycles. The highest BCUT2D eigenvalue weighted by Crippen LogP contribution is 2.23. The van der Waals surface area contributed by atoms with Crippen LogP contribution >= 0.6 is 0 Å². The van der Waals surface area contributed by atoms with E-state index in [4.69, 9.17) is 0 Å². The first kappa shape index (κ1) is 18.5. The number of aryl methyl sites for hydroxylation is 1. The van der Waals surface area contributed by atoms with Crippen molar-refractivity contribution in [3.63, 3.8) is 0 Å². The maximum Gasteiger partial charge on any atom is 0.272 e. The Bertz CT molecular complexity index is 744. The Morgan fingerprint density at radius 1 is 1.31 bits per heavy atom. The predicted molar refractivity (Wildman–Crippen MR) is 97.6 cm³/mol. The number of rotatable bonds is 6. The van der Waals surface area contributed by atoms with Crippen molar-refractivity contribution in [3.05, 3.63) is 41.7 Å². The molecular formula is C19H27N5O2. The number of nitrogens with zero attached hydrogens (tertiary/aromatic N) is 5. The number of amides is 1. The first-order valence-corrected chi connectivity index (χ1v) is 9.26. The molecule has 3 heterocycles. The fraction of sp³-hybridized carbons (Fsp3) is 0.579. The van der Waals surface area contributed by atoms with E-state index in [2.05, 4.69) is 28.9 Å². The zero-order chi connectivity index (χ0) is 18.7. The maximum absolute atomic E-state index is 13.0. The third-order valence-electron chi connectivity index (χ3n) is 4.75. The van der Waals surface area contributed by atoms with Gasteiger partial charge in [-0.05, 0) is 31.7 Å². The zero-order valence-electron chi connectivity index (χ0n) is 15.7. The van der Waals surface area contributed by atoms with E-state index in [0.717, 1.165) is 17.8 Å². The van der Waals surface area contributed by atoms with Gasteiger partial charge in [-0.2, -0.15) is 5.10 Å². The second kappa shape index (κ2) is 7.95. The highest BCUT2D eigenvalue weighted by molar-refractivity contribution is 5.93. The molecule has 1 amide bonds. The summed E-state index contributed by atoms with van der Waals surface area (Å²) in [7, 11) is 0. The smallest absolute Gasteiger partial charge is 0.272 e. The average Bonchev–Trinajstić information content (AvgIpc) is 3.18. The SMILES string of the molecule is CCn1nc(CC(C)C)cc1C(=O)N1C[C@@H](Cc2cnccn2)[C@H](O)C1. The predicted octanol–water partition coefficient (Wildman–Crippen LogP) is 1.57. The summed E-state index contributed by atoms with van der Waals surface area (Å²) in [5, 5.41) is 15.0. The third-order valence-corrected chi connectivity index (χ3v) is 4.75. The van der Waals surface area contributed by atoms with Gasteiger partial charge in [-0.15, -0.1) is 0 Å². The van der Waals surface area contributed by atoms with Crippen LogP contribution in [0.25, 0.3) is 0 Å². The van der Waals surface area contributed by atoms with Crippen molar-refractivity contribution in [2.75, 3.05) is 13.1 Å². The normalized spacial score (nSPS) is 20.1. The average molecular weight is 357 g/mol. The highest BCUT2D eigenvalue weighted by Gasteiger charge is 2.35. The molecule has 7 heteroatoms. The molecular weight excluding hydrogens is 330 g/mol. The molecule has 7 nitrogen and oxygen atoms in total. The Balaban J connectivity index is 1.71. The van der Waals surface area contributed by atoms with E-state index in [1.54, 1.807) is 28.2 Å². The maximum atomic E-state index is 13.0. The minimum absolute atomic E-state index is 0.0243. The Morgan fingerprint density at radius 3 is 2.77 bits per heavy atom. The molecule has 1 N–H and O–H groups in total. The summed E-state index contributed by atoms with van der Waals surface area (Å²) >= 11 is 0. The third kappa shape index (κ3) is 4.09. The van der Waals surface area contributed by atoms with Crippen LogP contribution in [-0.4, -0.2) is 54.9 Å². The van der Waals surface area contributed by atoms with Crippen molar-refractivity contribution in [2.24, 2.45) is 11.8 Å². The lowest BCUT2D eigenvalue weighted by atomic mass is 10.0. The minimum atomic E-state index is -0.547. The molecule has 0 saturated carbocycles. The van der Waals surface area contributed by atoms with E-state index in [9.17, 15) is 9.90 Å². The van der Waals surface area contributed by atoms with Gasteiger partial charge in [-0.3, -0.25) is 19.4 Å². The van der Waals surface area contributed by atoms with Crippen LogP contribution in [-0.2, 0) is 19.4 Å². The van der Waals surface area contributed by atoms with Gasteiger partial charge in [0, 0.05) is 44.1 Å². The first-order valence-electron chi connectivity index (χ1n) is 9.26. The Kier molecular flexibility index (Phi) is 5.66. The quantitative estimate of drug-likeness (QED) is 0.848. The summed E-state index contributed by atoms with van der Waals surface area (Å²) in [6.07, 6.45) is 5.91. The highest BCUT2D eigenvalue weighted by atomic mass is 16.3. The van der Waals surface area contributed by atoms with E-state index < -0.39 is 6.10 Å². The molecule has 0 unspecified atom stereocenters. The van der Waals surface area contributed by atoms with Gasteiger partial charge < -0.3 is 10.0 Å². The Labute approximate surface area is 154 Å². The monoisotopic (exact) mass is 357 g/mol. The van der Waals surface area contributed by atoms with Crippen LogP contribution in [0.2, 0.25) is 0 Å². The molecule has 0 radical (unpaired) electrons. The number of carbonyl (C=O) groups is 1. The van der Waals surface area contributed by atoms with E-state index in [1.165, 1.54) is 0 Å². The zero-order valence-corrected chi connectivity index (χ0v) is 15.7. The second-order valence-corrected chi connectivity index (χ2v) is 7.37. The molecule has 1 aliphatic heterocycles. The van der Waals surface area contributed by atoms with Crippen molar-refractivity contribution >= 4 is 5.91 Å². The number of aromatic nitrogens is 4. The molecule has 2 aromatic rings. The van der Waals surface area contributed by atoms with Crippen LogP contribution in [0.1, 0.15) is 42.6 Å². The molecule has 2 aromatic heterocycles. The number of carbonyl (C=O) groups excluding carboxylic acids is 1. The second-order valence-electron chi connectivity index (χ2n) is 7.37. The van der Waals surface area contributed by atoms with Crippen LogP contribution < -0.4 is 0 Å². The summed E-state index contributed by atoms with van der Waals surface area (Å²) in [6, 6.07) is 1.90. The summed E-state index contributed by atoms with van der Waals surface area (Å²) in [5.41, 5.74) is 2.39. The van der Waals surface area contributed by atoms with Crippen LogP contribution in [0.15, 0.2) is 24.7 Å². The number of hydrogen-bond acceptors (Lipinski definition) is 5. The van der Waals surface area contributed by atoms with Crippen molar-refractivity contribution in [1.82, 2.24) is 24.6 Å². The number of likely N-dealkylation sites (tertiary alicyclic amines) is 1. The molecule has 26 heavy (non-hydrogen) atoms. The topological polar surface area (TPSA) is 84.1 Å². The van der Waals surface area contributed by atoms with E-state index in [-0.39, 0.29) is 11.8 Å². The molecule has 1 aliphatic rings. The van der Waals surface area contributed by atoms with Gasteiger partial charge in [0.2, 0.25) is 0 Å². The van der Waals surface area contributed by atoms with Crippen molar-refractivity contribution in [3.8, 4) is 0 Å². The number of aliphatic hydroxyl groups excluding tert-OH is 1. The van der Waals surface area contributed by atoms with E-state index in [0.29, 0.717) is 37.7 Å². The summed E-state index contributed by atoms with van der Waals surface area (Å²) in [6.45, 7) is 7.78.